The van der Waals surface area contributed by atoms with E-state index in [1.54, 1.807) is 24.3 Å². The summed E-state index contributed by atoms with van der Waals surface area (Å²) in [5, 5.41) is 3.60. The molecule has 0 radical (unpaired) electrons. The zero-order chi connectivity index (χ0) is 32.6. The summed E-state index contributed by atoms with van der Waals surface area (Å²) in [4.78, 5) is 29.3. The third-order valence-electron chi connectivity index (χ3n) is 7.83. The minimum Gasteiger partial charge on any atom is -0.352 e. The Morgan fingerprint density at radius 3 is 2.27 bits per heavy atom. The highest BCUT2D eigenvalue weighted by Crippen LogP contribution is 2.32. The lowest BCUT2D eigenvalue weighted by Gasteiger charge is -2.33. The Morgan fingerprint density at radius 2 is 1.62 bits per heavy atom. The quantitative estimate of drug-likeness (QED) is 0.223. The number of rotatable bonds is 13. The van der Waals surface area contributed by atoms with Crippen molar-refractivity contribution in [3.8, 4) is 0 Å². The number of benzene rings is 3. The van der Waals surface area contributed by atoms with Crippen LogP contribution in [0.1, 0.15) is 55.2 Å². The monoisotopic (exact) mass is 663 g/mol. The summed E-state index contributed by atoms with van der Waals surface area (Å²) in [7, 11) is -3.97. The maximum atomic E-state index is 14.0. The van der Waals surface area contributed by atoms with E-state index in [-0.39, 0.29) is 50.0 Å². The van der Waals surface area contributed by atoms with Gasteiger partial charge in [0.2, 0.25) is 21.8 Å². The predicted octanol–water partition coefficient (Wildman–Crippen LogP) is 6.60. The van der Waals surface area contributed by atoms with Crippen LogP contribution in [-0.4, -0.2) is 50.0 Å². The van der Waals surface area contributed by atoms with Gasteiger partial charge in [-0.15, -0.1) is 0 Å². The number of nitrogens with one attached hydrogen (secondary N) is 1. The first-order chi connectivity index (χ1) is 21.3. The van der Waals surface area contributed by atoms with Gasteiger partial charge in [0.15, 0.2) is 0 Å². The lowest BCUT2D eigenvalue weighted by atomic mass is 10.0. The van der Waals surface area contributed by atoms with E-state index in [1.807, 2.05) is 30.3 Å². The summed E-state index contributed by atoms with van der Waals surface area (Å²) in [5.74, 6) is -0.669. The number of nitrogens with zero attached hydrogens (tertiary/aromatic N) is 2. The van der Waals surface area contributed by atoms with Crippen molar-refractivity contribution >= 4 is 39.1 Å². The van der Waals surface area contributed by atoms with Gasteiger partial charge >= 0.3 is 6.18 Å². The van der Waals surface area contributed by atoms with E-state index in [0.717, 1.165) is 60.0 Å². The molecule has 0 aliphatic heterocycles. The topological polar surface area (TPSA) is 86.8 Å². The molecule has 1 saturated carbocycles. The van der Waals surface area contributed by atoms with Crippen molar-refractivity contribution in [2.75, 3.05) is 17.1 Å². The van der Waals surface area contributed by atoms with Gasteiger partial charge in [0, 0.05) is 37.0 Å². The average molecular weight is 664 g/mol. The molecular formula is C33H37ClF3N3O4S. The molecule has 3 aromatic rings. The molecule has 45 heavy (non-hydrogen) atoms. The summed E-state index contributed by atoms with van der Waals surface area (Å²) >= 11 is 6.24. The minimum atomic E-state index is -4.65. The van der Waals surface area contributed by atoms with Crippen LogP contribution in [0.4, 0.5) is 18.9 Å². The van der Waals surface area contributed by atoms with Crippen LogP contribution in [0.3, 0.4) is 0 Å². The molecule has 0 bridgehead atoms. The first-order valence-corrected chi connectivity index (χ1v) is 17.1. The Hall–Kier alpha value is -3.57. The van der Waals surface area contributed by atoms with Crippen LogP contribution >= 0.6 is 11.6 Å². The number of hydrogen-bond acceptors (Lipinski definition) is 4. The number of carbonyl (C=O) groups is 2. The molecule has 0 unspecified atom stereocenters. The lowest BCUT2D eigenvalue weighted by molar-refractivity contribution is -0.141. The van der Waals surface area contributed by atoms with E-state index in [4.69, 9.17) is 11.6 Å². The van der Waals surface area contributed by atoms with E-state index in [9.17, 15) is 31.2 Å². The summed E-state index contributed by atoms with van der Waals surface area (Å²) in [6, 6.07) is 19.6. The molecule has 1 aliphatic carbocycles. The highest BCUT2D eigenvalue weighted by molar-refractivity contribution is 7.92. The Balaban J connectivity index is 1.59. The molecule has 4 rings (SSSR count). The molecule has 1 atom stereocenters. The van der Waals surface area contributed by atoms with Crippen LogP contribution < -0.4 is 9.62 Å². The molecule has 12 heteroatoms. The fraction of sp³-hybridized carbons (Fsp3) is 0.394. The van der Waals surface area contributed by atoms with Gasteiger partial charge < -0.3 is 10.2 Å². The first-order valence-electron chi connectivity index (χ1n) is 14.8. The Morgan fingerprint density at radius 1 is 0.956 bits per heavy atom. The minimum absolute atomic E-state index is 0.0104. The van der Waals surface area contributed by atoms with Crippen LogP contribution in [-0.2, 0) is 38.8 Å². The standard InChI is InChI=1S/C33H37ClF3N3O4S/c1-45(43,44)40(29-17-8-13-26(22-29)33(35,36)37)19-9-18-31(41)39(23-25-12-7-14-27(34)20-25)30(21-24-10-3-2-4-11-24)32(42)38-28-15-5-6-16-28/h2-4,7-8,10-14,17,20,22,28,30H,5-6,9,15-16,18-19,21,23H2,1H3,(H,38,42)/t30-/m1/s1. The smallest absolute Gasteiger partial charge is 0.352 e. The molecular weight excluding hydrogens is 627 g/mol. The SMILES string of the molecule is CS(=O)(=O)N(CCCC(=O)N(Cc1cccc(Cl)c1)[C@H](Cc1ccccc1)C(=O)NC1CCCC1)c1cccc(C(F)(F)F)c1. The normalized spacial score (nSPS) is 14.6. The van der Waals surface area contributed by atoms with Crippen LogP contribution in [0.2, 0.25) is 5.02 Å². The highest BCUT2D eigenvalue weighted by Gasteiger charge is 2.33. The van der Waals surface area contributed by atoms with Gasteiger partial charge in [-0.2, -0.15) is 13.2 Å². The van der Waals surface area contributed by atoms with E-state index in [0.29, 0.717) is 10.6 Å². The molecule has 242 valence electrons. The van der Waals surface area contributed by atoms with Gasteiger partial charge in [-0.05, 0) is 60.7 Å². The number of sulfonamides is 1. The van der Waals surface area contributed by atoms with Gasteiger partial charge in [0.25, 0.3) is 0 Å². The zero-order valence-electron chi connectivity index (χ0n) is 25.0. The number of hydrogen-bond donors (Lipinski definition) is 1. The third kappa shape index (κ3) is 9.96. The van der Waals surface area contributed by atoms with Crippen molar-refractivity contribution in [1.29, 1.82) is 0 Å². The summed E-state index contributed by atoms with van der Waals surface area (Å²) in [6.07, 6.45) is 0.137. The van der Waals surface area contributed by atoms with Crippen molar-refractivity contribution in [2.24, 2.45) is 0 Å². The molecule has 0 aromatic heterocycles. The molecule has 3 aromatic carbocycles. The van der Waals surface area contributed by atoms with E-state index in [2.05, 4.69) is 5.32 Å². The lowest BCUT2D eigenvalue weighted by Crippen LogP contribution is -2.52. The third-order valence-corrected chi connectivity index (χ3v) is 9.26. The fourth-order valence-corrected chi connectivity index (χ4v) is 6.76. The highest BCUT2D eigenvalue weighted by atomic mass is 35.5. The molecule has 0 saturated heterocycles. The molecule has 0 spiro atoms. The van der Waals surface area contributed by atoms with E-state index >= 15 is 0 Å². The van der Waals surface area contributed by atoms with Crippen molar-refractivity contribution in [3.63, 3.8) is 0 Å². The molecule has 0 heterocycles. The summed E-state index contributed by atoms with van der Waals surface area (Å²) < 4.78 is 66.1. The van der Waals surface area contributed by atoms with Gasteiger partial charge in [-0.1, -0.05) is 73.0 Å². The maximum absolute atomic E-state index is 14.0. The largest absolute Gasteiger partial charge is 0.416 e. The molecule has 2 amide bonds. The van der Waals surface area contributed by atoms with E-state index < -0.39 is 33.7 Å². The Kier molecular flexibility index (Phi) is 11.5. The van der Waals surface area contributed by atoms with Gasteiger partial charge in [0.05, 0.1) is 17.5 Å². The number of alkyl halides is 3. The van der Waals surface area contributed by atoms with Gasteiger partial charge in [-0.25, -0.2) is 8.42 Å². The molecule has 1 fully saturated rings. The second-order valence-corrected chi connectivity index (χ2v) is 13.7. The number of amides is 2. The van der Waals surface area contributed by atoms with Crippen molar-refractivity contribution in [1.82, 2.24) is 10.2 Å². The van der Waals surface area contributed by atoms with Crippen molar-refractivity contribution in [3.05, 3.63) is 101 Å². The molecule has 7 nitrogen and oxygen atoms in total. The number of halogens is 4. The van der Waals surface area contributed by atoms with E-state index in [1.165, 1.54) is 11.0 Å². The maximum Gasteiger partial charge on any atom is 0.416 e. The first kappa shape index (κ1) is 34.3. The Bertz CT molecular complexity index is 1560. The predicted molar refractivity (Wildman–Crippen MR) is 169 cm³/mol. The second kappa shape index (κ2) is 15.1. The van der Waals surface area contributed by atoms with Crippen LogP contribution in [0.5, 0.6) is 0 Å². The van der Waals surface area contributed by atoms with Crippen molar-refractivity contribution in [2.45, 2.75) is 69.8 Å². The van der Waals surface area contributed by atoms with Crippen LogP contribution in [0.25, 0.3) is 0 Å². The molecule has 1 N–H and O–H groups in total. The second-order valence-electron chi connectivity index (χ2n) is 11.3. The fourth-order valence-electron chi connectivity index (χ4n) is 5.59. The number of carbonyl (C=O) groups excluding carboxylic acids is 2. The molecule has 1 aliphatic rings. The van der Waals surface area contributed by atoms with Crippen LogP contribution in [0, 0.1) is 0 Å². The Labute approximate surface area is 267 Å². The zero-order valence-corrected chi connectivity index (χ0v) is 26.5. The van der Waals surface area contributed by atoms with Crippen molar-refractivity contribution < 1.29 is 31.2 Å². The van der Waals surface area contributed by atoms with Crippen LogP contribution in [0.15, 0.2) is 78.9 Å². The average Bonchev–Trinajstić information content (AvgIpc) is 3.49. The van der Waals surface area contributed by atoms with Gasteiger partial charge in [0.1, 0.15) is 6.04 Å². The number of anilines is 1. The van der Waals surface area contributed by atoms with Gasteiger partial charge in [-0.3, -0.25) is 13.9 Å². The summed E-state index contributed by atoms with van der Waals surface area (Å²) in [5.41, 5.74) is 0.452. The summed E-state index contributed by atoms with van der Waals surface area (Å²) in [6.45, 7) is -0.146.